The Morgan fingerprint density at radius 1 is 0.800 bits per heavy atom. The topological polar surface area (TPSA) is 198 Å². The van der Waals surface area contributed by atoms with Gasteiger partial charge in [-0.05, 0) is 92.5 Å². The number of piperidine rings is 2. The molecule has 1 atom stereocenters. The highest BCUT2D eigenvalue weighted by Gasteiger charge is 2.46. The van der Waals surface area contributed by atoms with Crippen LogP contribution in [-0.4, -0.2) is 126 Å². The molecule has 0 aromatic heterocycles. The van der Waals surface area contributed by atoms with E-state index in [9.17, 15) is 33.6 Å². The average Bonchev–Trinajstić information content (AvgIpc) is 3.52. The summed E-state index contributed by atoms with van der Waals surface area (Å²) in [7, 11) is 0. The van der Waals surface area contributed by atoms with E-state index in [1.807, 2.05) is 35.2 Å². The van der Waals surface area contributed by atoms with Gasteiger partial charge >= 0.3 is 0 Å². The number of hydrogen-bond donors (Lipinski definition) is 4. The molecule has 0 saturated carbocycles. The van der Waals surface area contributed by atoms with Crippen molar-refractivity contribution in [2.24, 2.45) is 5.92 Å². The second-order valence-corrected chi connectivity index (χ2v) is 15.7. The molecule has 1 unspecified atom stereocenters. The van der Waals surface area contributed by atoms with Crippen molar-refractivity contribution in [3.63, 3.8) is 0 Å². The number of imide groups is 2. The van der Waals surface area contributed by atoms with Crippen molar-refractivity contribution in [1.82, 2.24) is 30.8 Å². The first kappa shape index (κ1) is 42.0. The summed E-state index contributed by atoms with van der Waals surface area (Å²) in [6.45, 7) is 6.37. The molecule has 4 N–H and O–H groups in total. The summed E-state index contributed by atoms with van der Waals surface area (Å²) in [5, 5.41) is 13.9. The van der Waals surface area contributed by atoms with Crippen LogP contribution in [0.4, 0.5) is 5.69 Å². The maximum atomic E-state index is 13.6. The highest BCUT2D eigenvalue weighted by Crippen LogP contribution is 2.35. The standard InChI is InChI=1S/C44H51N7O9/c52-37-15-14-36(42(56)46-37)51-43(57)34-7-4-8-35(39(34)44(51)58)49-24-22-48(23-25-49)28-30-17-20-50(21-18-30)38(53)9-1-2-26-60-33-12-10-29(11-13-33)16-19-45-40(54)31-5-3-6-32(27-31)41(55)47-59/h3-8,10-13,27,30,36,59H,1-2,9,14-26,28H2,(H,45,54)(H,47,55)(H,46,52,56). The SMILES string of the molecule is O=C1CCC(N2C(=O)c3cccc(N4CCN(CC5CCN(C(=O)CCCCOc6ccc(CCNC(=O)c7cccc(C(=O)NO)c7)cc6)CC5)CC4)c3C2=O)C(=O)N1. The second kappa shape index (κ2) is 19.3. The largest absolute Gasteiger partial charge is 0.494 e. The van der Waals surface area contributed by atoms with Gasteiger partial charge in [-0.2, -0.15) is 0 Å². The summed E-state index contributed by atoms with van der Waals surface area (Å²) in [6.07, 6.45) is 4.72. The molecule has 16 heteroatoms. The molecule has 3 fully saturated rings. The normalized spacial score (nSPS) is 18.6. The maximum Gasteiger partial charge on any atom is 0.274 e. The number of carbonyl (C=O) groups is 7. The third-order valence-electron chi connectivity index (χ3n) is 11.8. The van der Waals surface area contributed by atoms with Gasteiger partial charge in [0.15, 0.2) is 0 Å². The Labute approximate surface area is 348 Å². The van der Waals surface area contributed by atoms with Gasteiger partial charge in [-0.3, -0.25) is 53.9 Å². The summed E-state index contributed by atoms with van der Waals surface area (Å²) in [5.74, 6) is -1.58. The van der Waals surface area contributed by atoms with E-state index in [-0.39, 0.29) is 30.2 Å². The monoisotopic (exact) mass is 821 g/mol. The number of anilines is 1. The van der Waals surface area contributed by atoms with Crippen molar-refractivity contribution in [2.75, 3.05) is 63.9 Å². The molecule has 4 heterocycles. The Balaban J connectivity index is 0.760. The van der Waals surface area contributed by atoms with Crippen LogP contribution in [0.5, 0.6) is 5.75 Å². The summed E-state index contributed by atoms with van der Waals surface area (Å²) in [4.78, 5) is 95.7. The molecule has 0 spiro atoms. The lowest BCUT2D eigenvalue weighted by Crippen LogP contribution is -2.54. The minimum Gasteiger partial charge on any atom is -0.494 e. The van der Waals surface area contributed by atoms with Crippen molar-refractivity contribution in [3.8, 4) is 5.75 Å². The van der Waals surface area contributed by atoms with Gasteiger partial charge in [-0.1, -0.05) is 24.3 Å². The van der Waals surface area contributed by atoms with Crippen molar-refractivity contribution in [1.29, 1.82) is 0 Å². The van der Waals surface area contributed by atoms with E-state index in [0.29, 0.717) is 67.4 Å². The van der Waals surface area contributed by atoms with Gasteiger partial charge in [0.1, 0.15) is 11.8 Å². The van der Waals surface area contributed by atoms with Crippen LogP contribution in [0.15, 0.2) is 66.7 Å². The first-order valence-corrected chi connectivity index (χ1v) is 20.7. The quantitative estimate of drug-likeness (QED) is 0.0762. The smallest absolute Gasteiger partial charge is 0.274 e. The zero-order valence-corrected chi connectivity index (χ0v) is 33.5. The minimum absolute atomic E-state index is 0.0789. The molecule has 316 valence electrons. The van der Waals surface area contributed by atoms with Crippen LogP contribution >= 0.6 is 0 Å². The predicted octanol–water partition coefficient (Wildman–Crippen LogP) is 2.79. The second-order valence-electron chi connectivity index (χ2n) is 15.7. The molecule has 7 amide bonds. The van der Waals surface area contributed by atoms with Crippen molar-refractivity contribution >= 4 is 47.0 Å². The van der Waals surface area contributed by atoms with Gasteiger partial charge in [-0.15, -0.1) is 0 Å². The van der Waals surface area contributed by atoms with Crippen LogP contribution in [-0.2, 0) is 20.8 Å². The number of rotatable bonds is 15. The molecule has 16 nitrogen and oxygen atoms in total. The number of likely N-dealkylation sites (tertiary alicyclic amines) is 1. The number of hydroxylamine groups is 1. The van der Waals surface area contributed by atoms with Crippen molar-refractivity contribution < 1.29 is 43.5 Å². The summed E-state index contributed by atoms with van der Waals surface area (Å²) >= 11 is 0. The number of ether oxygens (including phenoxy) is 1. The summed E-state index contributed by atoms with van der Waals surface area (Å²) < 4.78 is 5.90. The average molecular weight is 822 g/mol. The Kier molecular flexibility index (Phi) is 13.5. The highest BCUT2D eigenvalue weighted by atomic mass is 16.5. The zero-order valence-electron chi connectivity index (χ0n) is 33.5. The van der Waals surface area contributed by atoms with Gasteiger partial charge in [0.2, 0.25) is 17.7 Å². The summed E-state index contributed by atoms with van der Waals surface area (Å²) in [5.41, 5.74) is 4.42. The number of benzene rings is 3. The molecule has 0 radical (unpaired) electrons. The van der Waals surface area contributed by atoms with E-state index in [1.54, 1.807) is 29.7 Å². The van der Waals surface area contributed by atoms with E-state index in [0.717, 1.165) is 74.6 Å². The molecular weight excluding hydrogens is 771 g/mol. The number of nitrogens with zero attached hydrogens (tertiary/aromatic N) is 4. The van der Waals surface area contributed by atoms with E-state index < -0.39 is 35.6 Å². The van der Waals surface area contributed by atoms with E-state index in [4.69, 9.17) is 9.94 Å². The molecular formula is C44H51N7O9. The number of carbonyl (C=O) groups excluding carboxylic acids is 7. The van der Waals surface area contributed by atoms with E-state index in [2.05, 4.69) is 20.4 Å². The van der Waals surface area contributed by atoms with Gasteiger partial charge in [0, 0.05) is 76.3 Å². The number of hydrogen-bond acceptors (Lipinski definition) is 11. The fourth-order valence-corrected chi connectivity index (χ4v) is 8.43. The van der Waals surface area contributed by atoms with E-state index in [1.165, 1.54) is 12.1 Å². The lowest BCUT2D eigenvalue weighted by atomic mass is 9.95. The van der Waals surface area contributed by atoms with Crippen LogP contribution < -0.4 is 25.8 Å². The fraction of sp³-hybridized carbons (Fsp3) is 0.432. The van der Waals surface area contributed by atoms with Crippen LogP contribution in [0.2, 0.25) is 0 Å². The van der Waals surface area contributed by atoms with Gasteiger partial charge in [-0.25, -0.2) is 5.48 Å². The fourth-order valence-electron chi connectivity index (χ4n) is 8.43. The molecule has 3 aromatic carbocycles. The maximum absolute atomic E-state index is 13.6. The number of unbranched alkanes of at least 4 members (excludes halogenated alkanes) is 1. The number of fused-ring (bicyclic) bond motifs is 1. The summed E-state index contributed by atoms with van der Waals surface area (Å²) in [6, 6.07) is 18.0. The van der Waals surface area contributed by atoms with Crippen LogP contribution in [0, 0.1) is 5.92 Å². The first-order chi connectivity index (χ1) is 29.1. The van der Waals surface area contributed by atoms with Crippen LogP contribution in [0.25, 0.3) is 0 Å². The minimum atomic E-state index is -0.994. The molecule has 4 aliphatic heterocycles. The van der Waals surface area contributed by atoms with Crippen LogP contribution in [0.3, 0.4) is 0 Å². The molecule has 0 bridgehead atoms. The van der Waals surface area contributed by atoms with Gasteiger partial charge in [0.25, 0.3) is 23.6 Å². The van der Waals surface area contributed by atoms with Crippen molar-refractivity contribution in [2.45, 2.75) is 57.4 Å². The Morgan fingerprint density at radius 3 is 2.23 bits per heavy atom. The lowest BCUT2D eigenvalue weighted by Gasteiger charge is -2.40. The Hall–Kier alpha value is -6.13. The van der Waals surface area contributed by atoms with Gasteiger partial charge < -0.3 is 19.9 Å². The Bertz CT molecular complexity index is 2110. The third-order valence-corrected chi connectivity index (χ3v) is 11.8. The number of amides is 7. The lowest BCUT2D eigenvalue weighted by molar-refractivity contribution is -0.136. The molecule has 4 aliphatic rings. The van der Waals surface area contributed by atoms with E-state index >= 15 is 0 Å². The Morgan fingerprint density at radius 2 is 1.52 bits per heavy atom. The van der Waals surface area contributed by atoms with Crippen molar-refractivity contribution in [3.05, 3.63) is 94.5 Å². The van der Waals surface area contributed by atoms with Crippen LogP contribution in [0.1, 0.15) is 91.9 Å². The number of piperazine rings is 1. The predicted molar refractivity (Wildman–Crippen MR) is 219 cm³/mol. The first-order valence-electron chi connectivity index (χ1n) is 20.7. The molecule has 60 heavy (non-hydrogen) atoms. The molecule has 7 rings (SSSR count). The molecule has 0 aliphatic carbocycles. The molecule has 3 aromatic rings. The number of nitrogens with one attached hydrogen (secondary N) is 3. The van der Waals surface area contributed by atoms with Gasteiger partial charge in [0.05, 0.1) is 23.4 Å². The molecule has 3 saturated heterocycles. The highest BCUT2D eigenvalue weighted by molar-refractivity contribution is 6.25. The third kappa shape index (κ3) is 9.83. The zero-order chi connectivity index (χ0) is 42.2.